The van der Waals surface area contributed by atoms with Gasteiger partial charge in [0.05, 0.1) is 30.8 Å². The Balaban J connectivity index is 1.09. The number of ketones is 2. The van der Waals surface area contributed by atoms with Gasteiger partial charge in [-0.3, -0.25) is 38.4 Å². The lowest BCUT2D eigenvalue weighted by molar-refractivity contribution is -0.144. The van der Waals surface area contributed by atoms with Crippen molar-refractivity contribution >= 4 is 47.0 Å². The van der Waals surface area contributed by atoms with Crippen molar-refractivity contribution in [2.75, 3.05) is 33.8 Å². The molecule has 7 rings (SSSR count). The predicted molar refractivity (Wildman–Crippen MR) is 289 cm³/mol. The average molecular weight is 1050 g/mol. The van der Waals surface area contributed by atoms with Crippen LogP contribution in [0.1, 0.15) is 150 Å². The topological polar surface area (TPSA) is 224 Å². The summed E-state index contributed by atoms with van der Waals surface area (Å²) in [6, 6.07) is 16.5. The number of para-hydroxylation sites is 1. The molecule has 410 valence electrons. The van der Waals surface area contributed by atoms with Crippen LogP contribution in [-0.2, 0) is 35.2 Å². The summed E-state index contributed by atoms with van der Waals surface area (Å²) in [5.41, 5.74) is 2.20. The van der Waals surface area contributed by atoms with Crippen LogP contribution < -0.4 is 36.6 Å². The number of amides is 6. The van der Waals surface area contributed by atoms with Gasteiger partial charge in [-0.05, 0) is 106 Å². The molecule has 0 aromatic heterocycles. The summed E-state index contributed by atoms with van der Waals surface area (Å²) >= 11 is 0. The summed E-state index contributed by atoms with van der Waals surface area (Å²) in [7, 11) is 3.32. The van der Waals surface area contributed by atoms with Gasteiger partial charge < -0.3 is 46.4 Å². The molecule has 0 bridgehead atoms. The van der Waals surface area contributed by atoms with Crippen molar-refractivity contribution in [3.63, 3.8) is 0 Å². The van der Waals surface area contributed by atoms with E-state index in [2.05, 4.69) is 38.0 Å². The van der Waals surface area contributed by atoms with Crippen LogP contribution in [0, 0.1) is 22.7 Å². The van der Waals surface area contributed by atoms with E-state index in [1.165, 1.54) is 15.4 Å². The maximum absolute atomic E-state index is 14.7. The fraction of sp³-hybridized carbons (Fsp3) is 0.559. The lowest BCUT2D eigenvalue weighted by atomic mass is 9.85. The molecule has 6 amide bonds. The van der Waals surface area contributed by atoms with Crippen molar-refractivity contribution in [2.45, 2.75) is 155 Å². The molecule has 0 spiro atoms. The Morgan fingerprint density at radius 1 is 0.605 bits per heavy atom. The number of rotatable bonds is 18. The number of carbonyl (C=O) groups excluding carboxylic acids is 8. The number of fused-ring (bicyclic) bond motifs is 2. The molecule has 3 heterocycles. The summed E-state index contributed by atoms with van der Waals surface area (Å²) < 4.78 is 5.85. The van der Waals surface area contributed by atoms with Gasteiger partial charge >= 0.3 is 0 Å². The van der Waals surface area contributed by atoms with E-state index in [1.807, 2.05) is 84.0 Å². The molecule has 17 heteroatoms. The molecule has 3 aromatic rings. The number of carbonyl (C=O) groups is 8. The molecule has 2 saturated heterocycles. The van der Waals surface area contributed by atoms with Crippen LogP contribution in [0.4, 0.5) is 0 Å². The number of hydrogen-bond donors (Lipinski definition) is 6. The standard InChI is InChI=1S/C59H80N8O9/c1-34(60-9)52(70)64-50(58(3,4)5)56(74)66-32-36(27-45(66)54(72)62-43-23-16-18-38-17-11-12-21-41(38)43)29-47(68)39-19-15-20-40(31-39)48(69)30-37-28-46(55(73)63-44-25-26-76-49-24-14-13-22-42(44)49)67(33-37)57(75)51(59(6,7)8)65-53(71)35(2)61-10/h11-15,17,19-22,24,31,34-37,43-46,50-51,60-61H,16,18,23,25-30,32-33H2,1-10H3,(H,62,72)(H,63,73)(H,64,70)(H,65,71)/t34-,35-,36+,37+,43?,44?,45-,46-,50+,51+/m0/s1. The molecule has 4 aliphatic rings. The Morgan fingerprint density at radius 3 is 1.55 bits per heavy atom. The van der Waals surface area contributed by atoms with E-state index >= 15 is 0 Å². The number of likely N-dealkylation sites (N-methyl/N-ethyl adjacent to an activating group) is 2. The molecule has 1 aliphatic carbocycles. The molecule has 2 fully saturated rings. The van der Waals surface area contributed by atoms with Crippen LogP contribution in [0.25, 0.3) is 0 Å². The molecule has 0 saturated carbocycles. The zero-order valence-electron chi connectivity index (χ0n) is 46.0. The quantitative estimate of drug-likeness (QED) is 0.0888. The highest BCUT2D eigenvalue weighted by molar-refractivity contribution is 6.02. The van der Waals surface area contributed by atoms with Gasteiger partial charge in [0, 0.05) is 49.0 Å². The SMILES string of the molecule is CN[C@@H](C)C(=O)N[C@H](C(=O)N1C[C@@H](CC(=O)c2cccc(C(=O)C[C@H]3C[C@@H](C(=O)NC4CCOc5ccccc54)N(C(=O)[C@@H](NC(=O)[C@H](C)NC)C(C)(C)C)C3)c2)C[C@H]1C(=O)NC1CCCc2ccccc21)C(C)(C)C. The van der Waals surface area contributed by atoms with Crippen molar-refractivity contribution in [3.05, 3.63) is 101 Å². The number of ether oxygens (including phenoxy) is 1. The Labute approximate surface area is 448 Å². The van der Waals surface area contributed by atoms with Gasteiger partial charge in [-0.25, -0.2) is 0 Å². The lowest BCUT2D eigenvalue weighted by Crippen LogP contribution is -2.59. The first-order chi connectivity index (χ1) is 36.0. The minimum absolute atomic E-state index is 0.00649. The number of likely N-dealkylation sites (tertiary alicyclic amines) is 2. The highest BCUT2D eigenvalue weighted by atomic mass is 16.5. The van der Waals surface area contributed by atoms with Crippen LogP contribution in [0.3, 0.4) is 0 Å². The Hall–Kier alpha value is -6.46. The van der Waals surface area contributed by atoms with E-state index in [4.69, 9.17) is 4.74 Å². The monoisotopic (exact) mass is 1040 g/mol. The second-order valence-electron chi connectivity index (χ2n) is 23.6. The van der Waals surface area contributed by atoms with Crippen molar-refractivity contribution < 1.29 is 43.1 Å². The van der Waals surface area contributed by atoms with Gasteiger partial charge in [0.15, 0.2) is 11.6 Å². The number of Topliss-reactive ketones (excluding diaryl/α,β-unsaturated/α-hetero) is 2. The van der Waals surface area contributed by atoms with Crippen LogP contribution >= 0.6 is 0 Å². The number of nitrogens with zero attached hydrogens (tertiary/aromatic N) is 2. The Morgan fingerprint density at radius 2 is 1.07 bits per heavy atom. The lowest BCUT2D eigenvalue weighted by Gasteiger charge is -2.36. The maximum Gasteiger partial charge on any atom is 0.246 e. The fourth-order valence-electron chi connectivity index (χ4n) is 11.1. The minimum Gasteiger partial charge on any atom is -0.493 e. The molecular weight excluding hydrogens is 965 g/mol. The highest BCUT2D eigenvalue weighted by Gasteiger charge is 2.48. The molecule has 3 aromatic carbocycles. The first kappa shape index (κ1) is 57.2. The summed E-state index contributed by atoms with van der Waals surface area (Å²) in [5.74, 6) is -2.93. The maximum atomic E-state index is 14.7. The van der Waals surface area contributed by atoms with Gasteiger partial charge in [-0.2, -0.15) is 0 Å². The normalized spacial score (nSPS) is 22.9. The summed E-state index contributed by atoms with van der Waals surface area (Å²) in [6.07, 6.45) is 3.47. The van der Waals surface area contributed by atoms with Gasteiger partial charge in [0.2, 0.25) is 35.4 Å². The molecule has 6 N–H and O–H groups in total. The third kappa shape index (κ3) is 13.4. The van der Waals surface area contributed by atoms with Crippen molar-refractivity contribution in [2.24, 2.45) is 22.7 Å². The van der Waals surface area contributed by atoms with Crippen LogP contribution in [0.5, 0.6) is 5.75 Å². The van der Waals surface area contributed by atoms with Crippen molar-refractivity contribution in [3.8, 4) is 5.75 Å². The number of aryl methyl sites for hydroxylation is 1. The van der Waals surface area contributed by atoms with E-state index < -0.39 is 70.7 Å². The third-order valence-electron chi connectivity index (χ3n) is 15.8. The highest BCUT2D eigenvalue weighted by Crippen LogP contribution is 2.37. The second kappa shape index (κ2) is 24.3. The zero-order valence-corrected chi connectivity index (χ0v) is 46.0. The van der Waals surface area contributed by atoms with Gasteiger partial charge in [-0.1, -0.05) is 102 Å². The summed E-state index contributed by atoms with van der Waals surface area (Å²) in [4.78, 5) is 117. The molecule has 3 aliphatic heterocycles. The number of nitrogens with one attached hydrogen (secondary N) is 6. The third-order valence-corrected chi connectivity index (χ3v) is 15.8. The Kier molecular flexibility index (Phi) is 18.3. The van der Waals surface area contributed by atoms with Crippen molar-refractivity contribution in [1.29, 1.82) is 0 Å². The average Bonchev–Trinajstić information content (AvgIpc) is 4.03. The summed E-state index contributed by atoms with van der Waals surface area (Å²) in [6.45, 7) is 15.1. The van der Waals surface area contributed by atoms with Crippen LogP contribution in [-0.4, -0.2) is 127 Å². The summed E-state index contributed by atoms with van der Waals surface area (Å²) in [5, 5.41) is 18.1. The van der Waals surface area contributed by atoms with E-state index in [0.717, 1.165) is 30.4 Å². The van der Waals surface area contributed by atoms with Gasteiger partial charge in [-0.15, -0.1) is 0 Å². The largest absolute Gasteiger partial charge is 0.493 e. The smallest absolute Gasteiger partial charge is 0.246 e. The zero-order chi connectivity index (χ0) is 55.2. The van der Waals surface area contributed by atoms with Crippen LogP contribution in [0.15, 0.2) is 72.8 Å². The first-order valence-corrected chi connectivity index (χ1v) is 27.1. The second-order valence-corrected chi connectivity index (χ2v) is 23.6. The van der Waals surface area contributed by atoms with Gasteiger partial charge in [0.1, 0.15) is 29.9 Å². The van der Waals surface area contributed by atoms with E-state index in [-0.39, 0.29) is 86.1 Å². The van der Waals surface area contributed by atoms with Gasteiger partial charge in [0.25, 0.3) is 0 Å². The molecule has 10 atom stereocenters. The molecule has 2 unspecified atom stereocenters. The fourth-order valence-corrected chi connectivity index (χ4v) is 11.1. The van der Waals surface area contributed by atoms with E-state index in [1.54, 1.807) is 52.2 Å². The van der Waals surface area contributed by atoms with Crippen molar-refractivity contribution in [1.82, 2.24) is 41.7 Å². The predicted octanol–water partition coefficient (Wildman–Crippen LogP) is 5.38. The van der Waals surface area contributed by atoms with E-state index in [9.17, 15) is 38.4 Å². The number of benzene rings is 3. The number of hydrogen-bond acceptors (Lipinski definition) is 11. The van der Waals surface area contributed by atoms with E-state index in [0.29, 0.717) is 29.9 Å². The minimum atomic E-state index is -0.982. The Bertz CT molecular complexity index is 2480. The first-order valence-electron chi connectivity index (χ1n) is 27.1. The molecular formula is C59H80N8O9. The molecule has 17 nitrogen and oxygen atoms in total. The van der Waals surface area contributed by atoms with Crippen LogP contribution in [0.2, 0.25) is 0 Å². The molecule has 0 radical (unpaired) electrons. The molecule has 76 heavy (non-hydrogen) atoms.